The van der Waals surface area contributed by atoms with Crippen LogP contribution >= 0.6 is 0 Å². The maximum atomic E-state index is 10.3. The van der Waals surface area contributed by atoms with Gasteiger partial charge in [0, 0.05) is 0 Å². The maximum Gasteiger partial charge on any atom is 0.342 e. The molecule has 0 amide bonds. The lowest BCUT2D eigenvalue weighted by atomic mass is 10.1. The van der Waals surface area contributed by atoms with Gasteiger partial charge in [0.05, 0.1) is 0 Å². The molecule has 0 aliphatic rings. The first-order chi connectivity index (χ1) is 6.49. The van der Waals surface area contributed by atoms with E-state index in [-0.39, 0.29) is 24.8 Å². The lowest BCUT2D eigenvalue weighted by Crippen LogP contribution is -2.29. The molecule has 0 fully saturated rings. The molecule has 0 heterocycles. The van der Waals surface area contributed by atoms with Crippen LogP contribution in [0.4, 0.5) is 0 Å². The normalized spacial score (nSPS) is 11.5. The molecule has 6 heteroatoms. The Morgan fingerprint density at radius 2 is 1.93 bits per heavy atom. The van der Waals surface area contributed by atoms with Crippen molar-refractivity contribution in [3.63, 3.8) is 0 Å². The summed E-state index contributed by atoms with van der Waals surface area (Å²) in [6.45, 7) is 0. The third kappa shape index (κ3) is 4.39. The zero-order chi connectivity index (χ0) is 11.1. The van der Waals surface area contributed by atoms with Crippen LogP contribution in [0, 0.1) is 0 Å². The second kappa shape index (κ2) is 5.90. The third-order valence-electron chi connectivity index (χ3n) is 1.64. The Hall–Kier alpha value is -1.65. The van der Waals surface area contributed by atoms with Crippen LogP contribution in [0.2, 0.25) is 0 Å². The van der Waals surface area contributed by atoms with Crippen LogP contribution in [0.25, 0.3) is 0 Å². The molecule has 0 spiro atoms. The Morgan fingerprint density at radius 1 is 1.36 bits per heavy atom. The molecule has 0 bridgehead atoms. The van der Waals surface area contributed by atoms with Gasteiger partial charge in [-0.3, -0.25) is 4.79 Å². The Bertz CT molecular complexity index is 279. The molecule has 0 saturated heterocycles. The molecule has 6 nitrogen and oxygen atoms in total. The van der Waals surface area contributed by atoms with Crippen molar-refractivity contribution in [2.24, 2.45) is 5.73 Å². The zero-order valence-corrected chi connectivity index (χ0v) is 7.40. The zero-order valence-electron chi connectivity index (χ0n) is 7.40. The van der Waals surface area contributed by atoms with E-state index in [0.717, 1.165) is 0 Å². The summed E-state index contributed by atoms with van der Waals surface area (Å²) in [5.74, 6) is -1.19. The molecule has 0 aromatic carbocycles. The number of carbonyl (C=O) groups excluding carboxylic acids is 1. The summed E-state index contributed by atoms with van der Waals surface area (Å²) in [5.41, 5.74) is 4.78. The fourth-order valence-electron chi connectivity index (χ4n) is 0.824. The first kappa shape index (κ1) is 12.3. The molecule has 0 unspecified atom stereocenters. The molecule has 0 radical (unpaired) electrons. The third-order valence-corrected chi connectivity index (χ3v) is 1.64. The van der Waals surface area contributed by atoms with Gasteiger partial charge in [0.15, 0.2) is 0 Å². The average molecular weight is 201 g/mol. The maximum absolute atomic E-state index is 10.3. The Balaban J connectivity index is 3.90. The van der Waals surface area contributed by atoms with Crippen LogP contribution in [0.15, 0.2) is 5.57 Å². The van der Waals surface area contributed by atoms with E-state index in [1.807, 2.05) is 0 Å². The van der Waals surface area contributed by atoms with Gasteiger partial charge < -0.3 is 15.9 Å². The van der Waals surface area contributed by atoms with Gasteiger partial charge in [-0.25, -0.2) is 9.59 Å². The van der Waals surface area contributed by atoms with E-state index in [4.69, 9.17) is 15.9 Å². The van der Waals surface area contributed by atoms with E-state index >= 15 is 0 Å². The van der Waals surface area contributed by atoms with Gasteiger partial charge in [0.25, 0.3) is 0 Å². The van der Waals surface area contributed by atoms with Gasteiger partial charge in [-0.15, -0.1) is 0 Å². The van der Waals surface area contributed by atoms with Crippen molar-refractivity contribution in [2.45, 2.75) is 25.3 Å². The number of rotatable bonds is 6. The molecule has 0 saturated carbocycles. The lowest BCUT2D eigenvalue weighted by molar-refractivity contribution is -0.138. The van der Waals surface area contributed by atoms with E-state index in [0.29, 0.717) is 0 Å². The van der Waals surface area contributed by atoms with E-state index < -0.39 is 18.0 Å². The van der Waals surface area contributed by atoms with Crippen molar-refractivity contribution in [1.29, 1.82) is 0 Å². The highest BCUT2D eigenvalue weighted by Gasteiger charge is 2.13. The highest BCUT2D eigenvalue weighted by atomic mass is 16.4. The summed E-state index contributed by atoms with van der Waals surface area (Å²) < 4.78 is 0. The molecule has 4 N–H and O–H groups in total. The second-order valence-corrected chi connectivity index (χ2v) is 2.72. The number of hydrogen-bond donors (Lipinski definition) is 3. The second-order valence-electron chi connectivity index (χ2n) is 2.72. The molecule has 0 aromatic heterocycles. The molecule has 14 heavy (non-hydrogen) atoms. The molecule has 0 aliphatic carbocycles. The molecular formula is C8H11NO5. The minimum atomic E-state index is -1.33. The van der Waals surface area contributed by atoms with E-state index in [9.17, 15) is 14.4 Å². The fraction of sp³-hybridized carbons (Fsp3) is 0.500. The summed E-state index contributed by atoms with van der Waals surface area (Å²) in [6.07, 6.45) is 0.359. The number of nitrogens with two attached hydrogens (primary N) is 1. The number of carboxylic acids is 2. The summed E-state index contributed by atoms with van der Waals surface area (Å²) in [5, 5.41) is 16.8. The van der Waals surface area contributed by atoms with Crippen LogP contribution in [-0.4, -0.2) is 34.1 Å². The van der Waals surface area contributed by atoms with Crippen LogP contribution < -0.4 is 5.73 Å². The predicted octanol–water partition coefficient (Wildman–Crippen LogP) is -0.589. The number of carboxylic acid groups (broad SMARTS) is 2. The van der Waals surface area contributed by atoms with Crippen LogP contribution in [0.5, 0.6) is 0 Å². The molecule has 0 rings (SSSR count). The molecule has 78 valence electrons. The van der Waals surface area contributed by atoms with Gasteiger partial charge in [0.1, 0.15) is 17.6 Å². The molecule has 0 aliphatic heterocycles. The van der Waals surface area contributed by atoms with Crippen molar-refractivity contribution in [1.82, 2.24) is 0 Å². The highest BCUT2D eigenvalue weighted by molar-refractivity contribution is 5.95. The molecular weight excluding hydrogens is 190 g/mol. The standard InChI is InChI=1S/C8H11NO5/c9-6(8(13)14)3-1-2-5(4-10)7(11)12/h6H,1-3,9H2,(H,11,12)(H,13,14)/t6-/m0/s1. The SMILES string of the molecule is N[C@@H](CCCC(=C=O)C(=O)O)C(=O)O. The van der Waals surface area contributed by atoms with E-state index in [2.05, 4.69) is 0 Å². The average Bonchev–Trinajstić information content (AvgIpc) is 2.11. The smallest absolute Gasteiger partial charge is 0.342 e. The fourth-order valence-corrected chi connectivity index (χ4v) is 0.824. The largest absolute Gasteiger partial charge is 0.480 e. The topological polar surface area (TPSA) is 118 Å². The van der Waals surface area contributed by atoms with Crippen molar-refractivity contribution in [3.05, 3.63) is 5.57 Å². The quantitative estimate of drug-likeness (QED) is 0.390. The van der Waals surface area contributed by atoms with Crippen molar-refractivity contribution in [2.75, 3.05) is 0 Å². The molecule has 0 aromatic rings. The van der Waals surface area contributed by atoms with E-state index in [1.54, 1.807) is 0 Å². The first-order valence-electron chi connectivity index (χ1n) is 3.94. The van der Waals surface area contributed by atoms with Gasteiger partial charge in [0.2, 0.25) is 0 Å². The van der Waals surface area contributed by atoms with Gasteiger partial charge in [-0.1, -0.05) is 0 Å². The number of hydrogen-bond acceptors (Lipinski definition) is 4. The highest BCUT2D eigenvalue weighted by Crippen LogP contribution is 2.06. The van der Waals surface area contributed by atoms with Crippen LogP contribution in [-0.2, 0) is 14.4 Å². The minimum Gasteiger partial charge on any atom is -0.480 e. The van der Waals surface area contributed by atoms with Crippen LogP contribution in [0.3, 0.4) is 0 Å². The van der Waals surface area contributed by atoms with Crippen molar-refractivity contribution < 1.29 is 24.6 Å². The predicted molar refractivity (Wildman–Crippen MR) is 46.3 cm³/mol. The lowest BCUT2D eigenvalue weighted by Gasteiger charge is -2.04. The van der Waals surface area contributed by atoms with Gasteiger partial charge in [-0.2, -0.15) is 0 Å². The van der Waals surface area contributed by atoms with Gasteiger partial charge in [-0.05, 0) is 19.3 Å². The minimum absolute atomic E-state index is 0.0141. The van der Waals surface area contributed by atoms with E-state index in [1.165, 1.54) is 5.94 Å². The van der Waals surface area contributed by atoms with Gasteiger partial charge >= 0.3 is 11.9 Å². The first-order valence-corrected chi connectivity index (χ1v) is 3.94. The summed E-state index contributed by atoms with van der Waals surface area (Å²) in [4.78, 5) is 30.6. The Morgan fingerprint density at radius 3 is 2.29 bits per heavy atom. The van der Waals surface area contributed by atoms with Crippen LogP contribution in [0.1, 0.15) is 19.3 Å². The Labute approximate surface area is 80.0 Å². The number of aliphatic carboxylic acids is 2. The number of carbonyl (C=O) groups is 2. The molecule has 1 atom stereocenters. The Kier molecular flexibility index (Phi) is 5.21. The van der Waals surface area contributed by atoms with Crippen molar-refractivity contribution in [3.8, 4) is 0 Å². The van der Waals surface area contributed by atoms with Crippen molar-refractivity contribution >= 4 is 17.9 Å². The summed E-state index contributed by atoms with van der Waals surface area (Å²) in [6, 6.07) is -1.02. The monoisotopic (exact) mass is 201 g/mol. The summed E-state index contributed by atoms with van der Waals surface area (Å²) >= 11 is 0. The summed E-state index contributed by atoms with van der Waals surface area (Å²) in [7, 11) is 0.